The maximum atomic E-state index is 5.80. The van der Waals surface area contributed by atoms with Crippen LogP contribution in [0.15, 0.2) is 29.5 Å². The van der Waals surface area contributed by atoms with Crippen molar-refractivity contribution in [3.8, 4) is 11.5 Å². The molecule has 0 aromatic carbocycles. The molecule has 0 aliphatic carbocycles. The van der Waals surface area contributed by atoms with Gasteiger partial charge in [-0.3, -0.25) is 0 Å². The normalized spacial score (nSPS) is 16.3. The highest BCUT2D eigenvalue weighted by Crippen LogP contribution is 2.35. The largest absolute Gasteiger partial charge is 1.00 e. The number of ether oxygens (including phenoxy) is 3. The van der Waals surface area contributed by atoms with Gasteiger partial charge in [0.15, 0.2) is 17.6 Å². The molecule has 0 bridgehead atoms. The third-order valence-corrected chi connectivity index (χ3v) is 4.09. The molecule has 0 saturated heterocycles. The van der Waals surface area contributed by atoms with Crippen LogP contribution in [-0.4, -0.2) is 30.5 Å². The van der Waals surface area contributed by atoms with Gasteiger partial charge in [-0.05, 0) is 12.8 Å². The van der Waals surface area contributed by atoms with E-state index in [9.17, 15) is 0 Å². The van der Waals surface area contributed by atoms with E-state index in [-0.39, 0.29) is 18.5 Å². The van der Waals surface area contributed by atoms with E-state index in [2.05, 4.69) is 27.9 Å². The Hall–Kier alpha value is -1.24. The third kappa shape index (κ3) is 4.63. The lowest BCUT2D eigenvalue weighted by Gasteiger charge is -2.24. The summed E-state index contributed by atoms with van der Waals surface area (Å²) in [6, 6.07) is 0. The Morgan fingerprint density at radius 1 is 1.36 bits per heavy atom. The molecule has 0 amide bonds. The van der Waals surface area contributed by atoms with Crippen molar-refractivity contribution < 1.29 is 31.2 Å². The summed E-state index contributed by atoms with van der Waals surface area (Å²) < 4.78 is 21.4. The number of thiophene rings is 1. The molecule has 5 nitrogen and oxygen atoms in total. The number of fused-ring (bicyclic) bond motifs is 1. The molecule has 3 rings (SSSR count). The van der Waals surface area contributed by atoms with Crippen molar-refractivity contribution in [2.24, 2.45) is 7.05 Å². The van der Waals surface area contributed by atoms with E-state index in [1.165, 1.54) is 0 Å². The van der Waals surface area contributed by atoms with E-state index >= 15 is 0 Å². The molecule has 2 aromatic rings. The number of hydrogen-bond donors (Lipinski definition) is 0. The molecule has 0 fully saturated rings. The molecule has 0 radical (unpaired) electrons. The van der Waals surface area contributed by atoms with Crippen molar-refractivity contribution in [2.75, 3.05) is 19.8 Å². The summed E-state index contributed by atoms with van der Waals surface area (Å²) in [7, 11) is 2.03. The molecule has 0 spiro atoms. The fraction of sp³-hybridized carbons (Fsp3) is 0.533. The summed E-state index contributed by atoms with van der Waals surface area (Å²) in [5.74, 6) is 1.71. The first kappa shape index (κ1) is 17.1. The van der Waals surface area contributed by atoms with E-state index < -0.39 is 0 Å². The van der Waals surface area contributed by atoms with Gasteiger partial charge >= 0.3 is 0 Å². The molecule has 3 heterocycles. The lowest BCUT2D eigenvalue weighted by molar-refractivity contribution is -0.696. The summed E-state index contributed by atoms with van der Waals surface area (Å²) in [6.45, 7) is 2.96. The summed E-state index contributed by atoms with van der Waals surface area (Å²) >= 11 is 1.60. The highest BCUT2D eigenvalue weighted by atomic mass is 35.5. The number of unbranched alkanes of at least 4 members (excludes halogenated alkanes) is 1. The molecule has 0 saturated carbocycles. The zero-order valence-electron chi connectivity index (χ0n) is 12.6. The van der Waals surface area contributed by atoms with Gasteiger partial charge in [0.2, 0.25) is 6.33 Å². The fourth-order valence-corrected chi connectivity index (χ4v) is 2.96. The molecule has 22 heavy (non-hydrogen) atoms. The van der Waals surface area contributed by atoms with Crippen molar-refractivity contribution in [2.45, 2.75) is 25.5 Å². The van der Waals surface area contributed by atoms with Crippen molar-refractivity contribution in [1.82, 2.24) is 4.57 Å². The van der Waals surface area contributed by atoms with Crippen molar-refractivity contribution >= 4 is 11.3 Å². The number of halogens is 1. The lowest BCUT2D eigenvalue weighted by Crippen LogP contribution is -3.00. The van der Waals surface area contributed by atoms with Crippen LogP contribution >= 0.6 is 11.3 Å². The summed E-state index contributed by atoms with van der Waals surface area (Å²) in [4.78, 5) is 0. The lowest BCUT2D eigenvalue weighted by atomic mass is 10.3. The van der Waals surface area contributed by atoms with Crippen LogP contribution in [0.1, 0.15) is 12.8 Å². The minimum absolute atomic E-state index is 0. The van der Waals surface area contributed by atoms with Crippen LogP contribution in [0.2, 0.25) is 0 Å². The molecule has 1 unspecified atom stereocenters. The first-order valence-electron chi connectivity index (χ1n) is 7.25. The van der Waals surface area contributed by atoms with Gasteiger partial charge in [-0.15, -0.1) is 11.3 Å². The number of aryl methyl sites for hydroxylation is 2. The van der Waals surface area contributed by atoms with Crippen LogP contribution in [0.3, 0.4) is 0 Å². The van der Waals surface area contributed by atoms with E-state index in [0.29, 0.717) is 13.2 Å². The maximum absolute atomic E-state index is 5.80. The van der Waals surface area contributed by atoms with Crippen molar-refractivity contribution in [3.63, 3.8) is 0 Å². The molecule has 1 aliphatic rings. The summed E-state index contributed by atoms with van der Waals surface area (Å²) in [6.07, 6.45) is 8.41. The van der Waals surface area contributed by atoms with Crippen LogP contribution in [0.25, 0.3) is 0 Å². The van der Waals surface area contributed by atoms with Gasteiger partial charge in [0.05, 0.1) is 20.2 Å². The minimum Gasteiger partial charge on any atom is -1.00 e. The van der Waals surface area contributed by atoms with Gasteiger partial charge < -0.3 is 26.6 Å². The van der Waals surface area contributed by atoms with E-state index in [1.54, 1.807) is 11.3 Å². The van der Waals surface area contributed by atoms with Gasteiger partial charge in [0, 0.05) is 17.4 Å². The Labute approximate surface area is 140 Å². The highest BCUT2D eigenvalue weighted by Gasteiger charge is 2.21. The van der Waals surface area contributed by atoms with E-state index in [4.69, 9.17) is 14.2 Å². The Kier molecular flexibility index (Phi) is 6.54. The average Bonchev–Trinajstić information content (AvgIpc) is 3.11. The minimum atomic E-state index is 0. The van der Waals surface area contributed by atoms with E-state index in [1.807, 2.05) is 17.8 Å². The Morgan fingerprint density at radius 2 is 2.23 bits per heavy atom. The zero-order valence-corrected chi connectivity index (χ0v) is 14.2. The Morgan fingerprint density at radius 3 is 3.05 bits per heavy atom. The topological polar surface area (TPSA) is 36.5 Å². The molecular weight excluding hydrogens is 324 g/mol. The zero-order chi connectivity index (χ0) is 14.5. The summed E-state index contributed by atoms with van der Waals surface area (Å²) in [5.41, 5.74) is 0. The molecule has 2 aromatic heterocycles. The molecule has 7 heteroatoms. The monoisotopic (exact) mass is 344 g/mol. The number of imidazole rings is 1. The van der Waals surface area contributed by atoms with E-state index in [0.717, 1.165) is 37.5 Å². The fourth-order valence-electron chi connectivity index (χ4n) is 2.29. The smallest absolute Gasteiger partial charge is 0.243 e. The average molecular weight is 345 g/mol. The maximum Gasteiger partial charge on any atom is 0.243 e. The first-order valence-corrected chi connectivity index (χ1v) is 8.20. The predicted octanol–water partition coefficient (Wildman–Crippen LogP) is -0.985. The van der Waals surface area contributed by atoms with Crippen molar-refractivity contribution in [1.29, 1.82) is 0 Å². The second-order valence-electron chi connectivity index (χ2n) is 5.25. The first-order chi connectivity index (χ1) is 10.3. The van der Waals surface area contributed by atoms with Crippen LogP contribution < -0.4 is 26.4 Å². The molecular formula is C15H21ClN2O3S. The Balaban J connectivity index is 0.00000176. The third-order valence-electron chi connectivity index (χ3n) is 3.39. The SMILES string of the molecule is Cn1cc[n+](CCCCOCC2COc3cscc3O2)c1.[Cl-]. The predicted molar refractivity (Wildman–Crippen MR) is 79.9 cm³/mol. The number of hydrogen-bond acceptors (Lipinski definition) is 4. The number of nitrogens with zero attached hydrogens (tertiary/aromatic N) is 2. The van der Waals surface area contributed by atoms with Gasteiger partial charge in [-0.1, -0.05) is 0 Å². The highest BCUT2D eigenvalue weighted by molar-refractivity contribution is 7.08. The number of rotatable bonds is 7. The van der Waals surface area contributed by atoms with Gasteiger partial charge in [0.1, 0.15) is 19.0 Å². The summed E-state index contributed by atoms with van der Waals surface area (Å²) in [5, 5.41) is 3.94. The molecule has 122 valence electrons. The Bertz CT molecular complexity index is 573. The standard InChI is InChI=1S/C15H21N2O3S.ClH/c1-16-5-6-17(12-16)4-2-3-7-18-8-13-9-19-14-10-21-11-15(14)20-13;/h5-6,10-13H,2-4,7-9H2,1H3;1H/q+1;/p-1. The second kappa shape index (κ2) is 8.41. The van der Waals surface area contributed by atoms with Crippen molar-refractivity contribution in [3.05, 3.63) is 29.5 Å². The van der Waals surface area contributed by atoms with Crippen LogP contribution in [0.4, 0.5) is 0 Å². The molecule has 1 atom stereocenters. The van der Waals surface area contributed by atoms with Crippen LogP contribution in [-0.2, 0) is 18.3 Å². The van der Waals surface area contributed by atoms with Crippen LogP contribution in [0.5, 0.6) is 11.5 Å². The van der Waals surface area contributed by atoms with Crippen LogP contribution in [0, 0.1) is 0 Å². The number of aromatic nitrogens is 2. The van der Waals surface area contributed by atoms with Gasteiger partial charge in [-0.2, -0.15) is 0 Å². The van der Waals surface area contributed by atoms with Gasteiger partial charge in [0.25, 0.3) is 0 Å². The molecule has 0 N–H and O–H groups in total. The quantitative estimate of drug-likeness (QED) is 0.478. The second-order valence-corrected chi connectivity index (χ2v) is 5.99. The molecule has 1 aliphatic heterocycles. The van der Waals surface area contributed by atoms with Gasteiger partial charge in [-0.25, -0.2) is 9.13 Å².